The number of nitrogens with two attached hydrogens (primary N) is 1. The van der Waals surface area contributed by atoms with Crippen LogP contribution in [0.4, 0.5) is 24.5 Å². The molecule has 0 saturated heterocycles. The monoisotopic (exact) mass is 439 g/mol. The fraction of sp³-hybridized carbons (Fsp3) is 0.300. The Labute approximate surface area is 173 Å². The van der Waals surface area contributed by atoms with E-state index in [1.807, 2.05) is 6.07 Å². The zero-order chi connectivity index (χ0) is 20.8. The Hall–Kier alpha value is -2.32. The van der Waals surface area contributed by atoms with Gasteiger partial charge < -0.3 is 11.1 Å². The number of benzene rings is 1. The minimum absolute atomic E-state index is 0.0101. The van der Waals surface area contributed by atoms with Gasteiger partial charge in [0, 0.05) is 11.1 Å². The van der Waals surface area contributed by atoms with Crippen LogP contribution in [0.1, 0.15) is 45.8 Å². The van der Waals surface area contributed by atoms with E-state index >= 15 is 0 Å². The number of halogens is 4. The number of carbonyl (C=O) groups excluding carboxylic acids is 1. The van der Waals surface area contributed by atoms with Crippen molar-refractivity contribution in [1.29, 1.82) is 0 Å². The van der Waals surface area contributed by atoms with Crippen LogP contribution in [0.5, 0.6) is 0 Å². The molecule has 0 spiro atoms. The van der Waals surface area contributed by atoms with Gasteiger partial charge in [-0.15, -0.1) is 11.3 Å². The Morgan fingerprint density at radius 1 is 1.17 bits per heavy atom. The number of aryl methyl sites for hydroxylation is 2. The van der Waals surface area contributed by atoms with Crippen molar-refractivity contribution in [3.8, 4) is 0 Å². The number of anilines is 2. The van der Waals surface area contributed by atoms with Crippen molar-refractivity contribution in [1.82, 2.24) is 4.98 Å². The van der Waals surface area contributed by atoms with Crippen molar-refractivity contribution in [2.75, 3.05) is 11.1 Å². The first kappa shape index (κ1) is 20.0. The summed E-state index contributed by atoms with van der Waals surface area (Å²) < 4.78 is 38.9. The van der Waals surface area contributed by atoms with Gasteiger partial charge >= 0.3 is 6.18 Å². The molecule has 0 radical (unpaired) electrons. The zero-order valence-electron chi connectivity index (χ0n) is 15.2. The van der Waals surface area contributed by atoms with Crippen LogP contribution in [0.3, 0.4) is 0 Å². The SMILES string of the molecule is Nc1c(C(=O)Nc2cc(C(F)(F)F)ccc2Cl)sc2nc3c(cc12)CCCCC3. The second kappa shape index (κ2) is 7.50. The third-order valence-electron chi connectivity index (χ3n) is 5.00. The Bertz CT molecular complexity index is 1110. The van der Waals surface area contributed by atoms with Gasteiger partial charge in [-0.05, 0) is 55.5 Å². The van der Waals surface area contributed by atoms with Crippen LogP contribution in [0.25, 0.3) is 10.2 Å². The highest BCUT2D eigenvalue weighted by Gasteiger charge is 2.31. The number of nitrogens with one attached hydrogen (secondary N) is 1. The molecule has 4 rings (SSSR count). The highest BCUT2D eigenvalue weighted by molar-refractivity contribution is 7.21. The molecule has 4 nitrogen and oxygen atoms in total. The quantitative estimate of drug-likeness (QED) is 0.476. The summed E-state index contributed by atoms with van der Waals surface area (Å²) in [7, 11) is 0. The summed E-state index contributed by atoms with van der Waals surface area (Å²) in [5.74, 6) is -0.609. The molecule has 2 aromatic heterocycles. The lowest BCUT2D eigenvalue weighted by molar-refractivity contribution is -0.137. The highest BCUT2D eigenvalue weighted by Crippen LogP contribution is 2.37. The normalized spacial score (nSPS) is 14.5. The standard InChI is InChI=1S/C20H17ClF3N3OS/c21-13-7-6-11(20(22,23)24)9-15(13)26-18(28)17-16(25)12-8-10-4-2-1-3-5-14(10)27-19(12)29-17/h6-9H,1-5,25H2,(H,26,28). The first-order valence-corrected chi connectivity index (χ1v) is 10.3. The van der Waals surface area contributed by atoms with Crippen molar-refractivity contribution < 1.29 is 18.0 Å². The van der Waals surface area contributed by atoms with E-state index in [-0.39, 0.29) is 21.3 Å². The molecule has 3 aromatic rings. The predicted octanol–water partition coefficient (Wildman–Crippen LogP) is 6.07. The van der Waals surface area contributed by atoms with Gasteiger partial charge in [0.15, 0.2) is 0 Å². The molecule has 0 atom stereocenters. The minimum atomic E-state index is -4.54. The fourth-order valence-corrected chi connectivity index (χ4v) is 4.64. The topological polar surface area (TPSA) is 68.0 Å². The van der Waals surface area contributed by atoms with Crippen LogP contribution in [-0.4, -0.2) is 10.9 Å². The number of nitrogen functional groups attached to an aromatic ring is 1. The summed E-state index contributed by atoms with van der Waals surface area (Å²) in [6.07, 6.45) is 0.603. The summed E-state index contributed by atoms with van der Waals surface area (Å²) in [6, 6.07) is 4.77. The number of thiophene rings is 1. The number of alkyl halides is 3. The molecule has 0 fully saturated rings. The molecule has 1 aromatic carbocycles. The number of nitrogens with zero attached hydrogens (tertiary/aromatic N) is 1. The lowest BCUT2D eigenvalue weighted by atomic mass is 10.1. The molecule has 29 heavy (non-hydrogen) atoms. The maximum Gasteiger partial charge on any atom is 0.416 e. The number of hydrogen-bond donors (Lipinski definition) is 2. The van der Waals surface area contributed by atoms with Gasteiger partial charge in [0.2, 0.25) is 0 Å². The van der Waals surface area contributed by atoms with E-state index in [4.69, 9.17) is 22.3 Å². The molecule has 9 heteroatoms. The number of carbonyl (C=O) groups is 1. The summed E-state index contributed by atoms with van der Waals surface area (Å²) in [4.78, 5) is 18.3. The molecule has 2 heterocycles. The van der Waals surface area contributed by atoms with E-state index in [1.165, 1.54) is 0 Å². The van der Waals surface area contributed by atoms with E-state index in [2.05, 4.69) is 5.32 Å². The average Bonchev–Trinajstić information content (AvgIpc) is 2.83. The summed E-state index contributed by atoms with van der Waals surface area (Å²) in [6.45, 7) is 0. The van der Waals surface area contributed by atoms with Crippen LogP contribution in [-0.2, 0) is 19.0 Å². The number of pyridine rings is 1. The average molecular weight is 440 g/mol. The lowest BCUT2D eigenvalue weighted by Gasteiger charge is -2.11. The zero-order valence-corrected chi connectivity index (χ0v) is 16.8. The van der Waals surface area contributed by atoms with Gasteiger partial charge in [-0.25, -0.2) is 4.98 Å². The molecular weight excluding hydrogens is 423 g/mol. The maximum atomic E-state index is 13.0. The molecule has 0 saturated carbocycles. The van der Waals surface area contributed by atoms with Gasteiger partial charge in [-0.2, -0.15) is 13.2 Å². The van der Waals surface area contributed by atoms with Gasteiger partial charge in [0.25, 0.3) is 5.91 Å². The molecular formula is C20H17ClF3N3OS. The second-order valence-corrected chi connectivity index (χ2v) is 8.41. The van der Waals surface area contributed by atoms with Crippen molar-refractivity contribution in [2.45, 2.75) is 38.3 Å². The number of amides is 1. The number of hydrogen-bond acceptors (Lipinski definition) is 4. The molecule has 1 amide bonds. The fourth-order valence-electron chi connectivity index (χ4n) is 3.48. The van der Waals surface area contributed by atoms with E-state index < -0.39 is 17.6 Å². The molecule has 0 aliphatic heterocycles. The van der Waals surface area contributed by atoms with Gasteiger partial charge in [-0.3, -0.25) is 4.79 Å². The predicted molar refractivity (Wildman–Crippen MR) is 110 cm³/mol. The Kier molecular flexibility index (Phi) is 5.16. The third kappa shape index (κ3) is 3.91. The van der Waals surface area contributed by atoms with E-state index in [9.17, 15) is 18.0 Å². The Morgan fingerprint density at radius 2 is 1.93 bits per heavy atom. The van der Waals surface area contributed by atoms with Gasteiger partial charge in [0.05, 0.1) is 22.0 Å². The van der Waals surface area contributed by atoms with Crippen molar-refractivity contribution in [3.63, 3.8) is 0 Å². The highest BCUT2D eigenvalue weighted by atomic mass is 35.5. The molecule has 0 unspecified atom stereocenters. The van der Waals surface area contributed by atoms with Crippen LogP contribution in [0.15, 0.2) is 24.3 Å². The van der Waals surface area contributed by atoms with Crippen molar-refractivity contribution >= 4 is 50.4 Å². The van der Waals surface area contributed by atoms with Gasteiger partial charge in [0.1, 0.15) is 9.71 Å². The van der Waals surface area contributed by atoms with E-state index in [1.54, 1.807) is 0 Å². The lowest BCUT2D eigenvalue weighted by Crippen LogP contribution is -2.13. The summed E-state index contributed by atoms with van der Waals surface area (Å²) >= 11 is 7.11. The number of fused-ring (bicyclic) bond motifs is 2. The van der Waals surface area contributed by atoms with Crippen LogP contribution in [0.2, 0.25) is 5.02 Å². The maximum absolute atomic E-state index is 13.0. The van der Waals surface area contributed by atoms with Crippen molar-refractivity contribution in [3.05, 3.63) is 51.0 Å². The second-order valence-electron chi connectivity index (χ2n) is 7.00. The molecule has 1 aliphatic rings. The third-order valence-corrected chi connectivity index (χ3v) is 6.44. The van der Waals surface area contributed by atoms with Crippen molar-refractivity contribution in [2.24, 2.45) is 0 Å². The molecule has 0 bridgehead atoms. The largest absolute Gasteiger partial charge is 0.416 e. The van der Waals surface area contributed by atoms with Crippen LogP contribution < -0.4 is 11.1 Å². The Balaban J connectivity index is 1.68. The first-order chi connectivity index (χ1) is 13.7. The smallest absolute Gasteiger partial charge is 0.397 e. The molecule has 1 aliphatic carbocycles. The molecule has 152 valence electrons. The molecule has 3 N–H and O–H groups in total. The first-order valence-electron chi connectivity index (χ1n) is 9.13. The number of aromatic nitrogens is 1. The summed E-state index contributed by atoms with van der Waals surface area (Å²) in [5, 5.41) is 3.17. The van der Waals surface area contributed by atoms with Crippen LogP contribution >= 0.6 is 22.9 Å². The summed E-state index contributed by atoms with van der Waals surface area (Å²) in [5.41, 5.74) is 7.64. The van der Waals surface area contributed by atoms with E-state index in [0.29, 0.717) is 10.2 Å². The number of rotatable bonds is 2. The van der Waals surface area contributed by atoms with Gasteiger partial charge in [-0.1, -0.05) is 18.0 Å². The minimum Gasteiger partial charge on any atom is -0.397 e. The van der Waals surface area contributed by atoms with Crippen LogP contribution in [0, 0.1) is 0 Å². The van der Waals surface area contributed by atoms with E-state index in [0.717, 1.165) is 72.9 Å². The Morgan fingerprint density at radius 3 is 2.69 bits per heavy atom.